The van der Waals surface area contributed by atoms with Gasteiger partial charge in [0.05, 0.1) is 5.92 Å². The molecule has 0 aliphatic rings. The Labute approximate surface area is 143 Å². The standard InChI is InChI=1S/C15H26Br2O4/c1-12(13(18)8-4-2-6-10-16)15(20,21)14(19)9-5-3-7-11-17/h12,20-21H,2-11H2,1H3. The van der Waals surface area contributed by atoms with Crippen LogP contribution in [0.15, 0.2) is 0 Å². The summed E-state index contributed by atoms with van der Waals surface area (Å²) in [6.45, 7) is 1.42. The van der Waals surface area contributed by atoms with Crippen LogP contribution in [0.5, 0.6) is 0 Å². The van der Waals surface area contributed by atoms with Crippen molar-refractivity contribution < 1.29 is 19.8 Å². The van der Waals surface area contributed by atoms with E-state index in [0.29, 0.717) is 12.8 Å². The number of aliphatic hydroxyl groups is 2. The number of ketones is 2. The minimum atomic E-state index is -2.53. The number of carbonyl (C=O) groups excluding carboxylic acids is 2. The summed E-state index contributed by atoms with van der Waals surface area (Å²) in [7, 11) is 0. The van der Waals surface area contributed by atoms with E-state index in [1.54, 1.807) is 0 Å². The second-order valence-electron chi connectivity index (χ2n) is 5.34. The highest BCUT2D eigenvalue weighted by molar-refractivity contribution is 9.09. The smallest absolute Gasteiger partial charge is 0.233 e. The Hall–Kier alpha value is 0.220. The molecule has 21 heavy (non-hydrogen) atoms. The molecule has 0 aromatic rings. The van der Waals surface area contributed by atoms with Crippen LogP contribution in [0.2, 0.25) is 0 Å². The van der Waals surface area contributed by atoms with E-state index in [2.05, 4.69) is 31.9 Å². The van der Waals surface area contributed by atoms with Crippen molar-refractivity contribution in [1.29, 1.82) is 0 Å². The minimum absolute atomic E-state index is 0.0984. The predicted molar refractivity (Wildman–Crippen MR) is 90.9 cm³/mol. The number of rotatable bonds is 13. The molecule has 0 aliphatic carbocycles. The van der Waals surface area contributed by atoms with Gasteiger partial charge in [-0.25, -0.2) is 0 Å². The molecule has 2 N–H and O–H groups in total. The number of halogens is 2. The van der Waals surface area contributed by atoms with Crippen molar-refractivity contribution in [1.82, 2.24) is 0 Å². The first-order valence-electron chi connectivity index (χ1n) is 7.50. The molecule has 0 spiro atoms. The predicted octanol–water partition coefficient (Wildman–Crippen LogP) is 3.35. The lowest BCUT2D eigenvalue weighted by Crippen LogP contribution is -2.47. The number of hydrogen-bond donors (Lipinski definition) is 2. The molecule has 0 aromatic heterocycles. The monoisotopic (exact) mass is 428 g/mol. The SMILES string of the molecule is CC(C(=O)CCCCCBr)C(O)(O)C(=O)CCCCCBr. The van der Waals surface area contributed by atoms with Crippen LogP contribution in [-0.4, -0.2) is 38.2 Å². The molecule has 124 valence electrons. The van der Waals surface area contributed by atoms with Crippen LogP contribution in [0.3, 0.4) is 0 Å². The van der Waals surface area contributed by atoms with Crippen molar-refractivity contribution >= 4 is 43.4 Å². The van der Waals surface area contributed by atoms with E-state index >= 15 is 0 Å². The summed E-state index contributed by atoms with van der Waals surface area (Å²) in [5.41, 5.74) is 0. The van der Waals surface area contributed by atoms with Gasteiger partial charge < -0.3 is 10.2 Å². The summed E-state index contributed by atoms with van der Waals surface area (Å²) in [5.74, 6) is -4.51. The molecule has 0 radical (unpaired) electrons. The zero-order valence-electron chi connectivity index (χ0n) is 12.6. The third kappa shape index (κ3) is 8.43. The average molecular weight is 430 g/mol. The lowest BCUT2D eigenvalue weighted by molar-refractivity contribution is -0.202. The Morgan fingerprint density at radius 1 is 0.905 bits per heavy atom. The number of hydrogen-bond acceptors (Lipinski definition) is 4. The van der Waals surface area contributed by atoms with E-state index in [4.69, 9.17) is 0 Å². The van der Waals surface area contributed by atoms with Gasteiger partial charge in [0, 0.05) is 23.5 Å². The molecular weight excluding hydrogens is 404 g/mol. The van der Waals surface area contributed by atoms with Crippen LogP contribution in [0.1, 0.15) is 58.3 Å². The van der Waals surface area contributed by atoms with E-state index in [0.717, 1.165) is 36.3 Å². The first kappa shape index (κ1) is 21.2. The summed E-state index contributed by atoms with van der Waals surface area (Å²) in [5, 5.41) is 21.7. The number of alkyl halides is 2. The van der Waals surface area contributed by atoms with Gasteiger partial charge in [0.2, 0.25) is 5.79 Å². The first-order valence-corrected chi connectivity index (χ1v) is 9.74. The summed E-state index contributed by atoms with van der Waals surface area (Å²) in [6.07, 6.45) is 5.39. The van der Waals surface area contributed by atoms with E-state index in [9.17, 15) is 19.8 Å². The van der Waals surface area contributed by atoms with Gasteiger partial charge >= 0.3 is 0 Å². The third-order valence-electron chi connectivity index (χ3n) is 3.59. The van der Waals surface area contributed by atoms with Crippen LogP contribution in [-0.2, 0) is 9.59 Å². The Morgan fingerprint density at radius 3 is 1.86 bits per heavy atom. The quantitative estimate of drug-likeness (QED) is 0.267. The second kappa shape index (κ2) is 11.7. The summed E-state index contributed by atoms with van der Waals surface area (Å²) < 4.78 is 0. The molecule has 0 aliphatic heterocycles. The molecule has 0 saturated heterocycles. The first-order chi connectivity index (χ1) is 9.87. The Balaban J connectivity index is 4.25. The highest BCUT2D eigenvalue weighted by Gasteiger charge is 2.41. The minimum Gasteiger partial charge on any atom is -0.359 e. The Bertz CT molecular complexity index is 319. The second-order valence-corrected chi connectivity index (χ2v) is 6.92. The topological polar surface area (TPSA) is 74.6 Å². The molecule has 0 aromatic carbocycles. The van der Waals surface area contributed by atoms with Gasteiger partial charge in [0.25, 0.3) is 0 Å². The molecule has 0 rings (SSSR count). The zero-order valence-corrected chi connectivity index (χ0v) is 15.8. The van der Waals surface area contributed by atoms with E-state index in [-0.39, 0.29) is 18.6 Å². The largest absolute Gasteiger partial charge is 0.359 e. The zero-order chi connectivity index (χ0) is 16.3. The molecular formula is C15H26Br2O4. The highest BCUT2D eigenvalue weighted by Crippen LogP contribution is 2.22. The molecule has 1 unspecified atom stereocenters. The molecule has 0 heterocycles. The Morgan fingerprint density at radius 2 is 1.38 bits per heavy atom. The van der Waals surface area contributed by atoms with Crippen molar-refractivity contribution in [2.24, 2.45) is 5.92 Å². The molecule has 1 atom stereocenters. The third-order valence-corrected chi connectivity index (χ3v) is 4.71. The molecule has 0 saturated carbocycles. The van der Waals surface area contributed by atoms with E-state index in [1.807, 2.05) is 0 Å². The van der Waals surface area contributed by atoms with Crippen molar-refractivity contribution in [2.45, 2.75) is 64.1 Å². The Kier molecular flexibility index (Phi) is 11.9. The van der Waals surface area contributed by atoms with Crippen LogP contribution in [0.25, 0.3) is 0 Å². The number of Topliss-reactive ketones (excluding diaryl/α,β-unsaturated/α-hetero) is 2. The lowest BCUT2D eigenvalue weighted by atomic mass is 9.88. The van der Waals surface area contributed by atoms with Crippen LogP contribution in [0.4, 0.5) is 0 Å². The van der Waals surface area contributed by atoms with Crippen LogP contribution in [0, 0.1) is 5.92 Å². The molecule has 6 heteroatoms. The van der Waals surface area contributed by atoms with Crippen molar-refractivity contribution in [3.8, 4) is 0 Å². The van der Waals surface area contributed by atoms with Gasteiger partial charge in [-0.2, -0.15) is 0 Å². The molecule has 0 fully saturated rings. The fourth-order valence-electron chi connectivity index (χ4n) is 1.99. The van der Waals surface area contributed by atoms with Crippen LogP contribution < -0.4 is 0 Å². The number of unbranched alkanes of at least 4 members (excludes halogenated alkanes) is 4. The molecule has 0 amide bonds. The maximum atomic E-state index is 11.9. The maximum absolute atomic E-state index is 11.9. The highest BCUT2D eigenvalue weighted by atomic mass is 79.9. The van der Waals surface area contributed by atoms with Crippen molar-refractivity contribution in [3.05, 3.63) is 0 Å². The average Bonchev–Trinajstić information content (AvgIpc) is 2.46. The van der Waals surface area contributed by atoms with Gasteiger partial charge in [-0.05, 0) is 32.6 Å². The lowest BCUT2D eigenvalue weighted by Gasteiger charge is -2.26. The van der Waals surface area contributed by atoms with Crippen molar-refractivity contribution in [3.63, 3.8) is 0 Å². The van der Waals surface area contributed by atoms with Crippen molar-refractivity contribution in [2.75, 3.05) is 10.7 Å². The van der Waals surface area contributed by atoms with Gasteiger partial charge in [0.1, 0.15) is 5.78 Å². The summed E-state index contributed by atoms with van der Waals surface area (Å²) >= 11 is 6.62. The van der Waals surface area contributed by atoms with E-state index < -0.39 is 17.5 Å². The van der Waals surface area contributed by atoms with Gasteiger partial charge in [-0.3, -0.25) is 9.59 Å². The fourth-order valence-corrected chi connectivity index (χ4v) is 2.79. The van der Waals surface area contributed by atoms with Gasteiger partial charge in [-0.15, -0.1) is 0 Å². The van der Waals surface area contributed by atoms with Gasteiger partial charge in [-0.1, -0.05) is 44.7 Å². The maximum Gasteiger partial charge on any atom is 0.233 e. The molecule has 0 bridgehead atoms. The van der Waals surface area contributed by atoms with Gasteiger partial charge in [0.15, 0.2) is 5.78 Å². The normalized spacial score (nSPS) is 13.2. The molecule has 4 nitrogen and oxygen atoms in total. The number of carbonyl (C=O) groups is 2. The fraction of sp³-hybridized carbons (Fsp3) is 0.867. The summed E-state index contributed by atoms with van der Waals surface area (Å²) in [6, 6.07) is 0. The summed E-state index contributed by atoms with van der Waals surface area (Å²) in [4.78, 5) is 23.8. The van der Waals surface area contributed by atoms with E-state index in [1.165, 1.54) is 6.92 Å². The van der Waals surface area contributed by atoms with Crippen LogP contribution >= 0.6 is 31.9 Å².